The van der Waals surface area contributed by atoms with Gasteiger partial charge in [-0.05, 0) is 141 Å². The van der Waals surface area contributed by atoms with Gasteiger partial charge in [0, 0.05) is 127 Å². The van der Waals surface area contributed by atoms with Gasteiger partial charge >= 0.3 is 0 Å². The molecular formula is C92H97N13+8. The van der Waals surface area contributed by atoms with Crippen molar-refractivity contribution in [2.24, 2.45) is 28.2 Å². The van der Waals surface area contributed by atoms with E-state index < -0.39 is 0 Å². The van der Waals surface area contributed by atoms with Gasteiger partial charge in [-0.15, -0.1) is 37.5 Å². The van der Waals surface area contributed by atoms with E-state index >= 15 is 0 Å². The summed E-state index contributed by atoms with van der Waals surface area (Å²) >= 11 is 0. The second kappa shape index (κ2) is 29.2. The summed E-state index contributed by atoms with van der Waals surface area (Å²) in [5.74, 6) is 0. The van der Waals surface area contributed by atoms with Crippen molar-refractivity contribution < 1.29 is 37.0 Å². The highest BCUT2D eigenvalue weighted by molar-refractivity contribution is 5.84. The molecule has 16 rings (SSSR count). The fraction of sp³-hybridized carbons (Fsp3) is 0.207. The Kier molecular flexibility index (Phi) is 19.8. The van der Waals surface area contributed by atoms with E-state index in [2.05, 4.69) is 406 Å². The Morgan fingerprint density at radius 1 is 0.324 bits per heavy atom. The predicted octanol–water partition coefficient (Wildman–Crippen LogP) is 16.2. The number of aromatic nitrogens is 12. The summed E-state index contributed by atoms with van der Waals surface area (Å²) in [6.45, 7) is 38.3. The van der Waals surface area contributed by atoms with Gasteiger partial charge in [-0.1, -0.05) is 93.6 Å². The smallest absolute Gasteiger partial charge is 0.219 e. The highest BCUT2D eigenvalue weighted by atomic mass is 15.4. The van der Waals surface area contributed by atoms with Crippen LogP contribution < -0.4 is 37.0 Å². The molecule has 16 aromatic rings. The molecule has 0 unspecified atom stereocenters. The minimum atomic E-state index is 0.0637. The van der Waals surface area contributed by atoms with Crippen LogP contribution in [0.5, 0.6) is 0 Å². The molecule has 0 saturated heterocycles. The van der Waals surface area contributed by atoms with E-state index in [-0.39, 0.29) is 5.41 Å². The van der Waals surface area contributed by atoms with Gasteiger partial charge in [-0.3, -0.25) is 0 Å². The Morgan fingerprint density at radius 3 is 1.03 bits per heavy atom. The standard InChI is InChI=1S/C25H29N3.C23H25N3.C22H20N4.C22H23N3/c1-18-14-20-10-7-8-11-21(20)17-27(18)23-15-22(25(3,4)5)16-24(19(23)2)28-13-9-12-26(28)6;1-16-13-17(2)23(26-12-8-11-24(26)5)19(4)22(16)25-15-21-10-7-6-9-20(21)14-18(25)3;1-16-12-18-8-5-6-9-19(18)15-25(16)21-13-20(23-3)14-22(17(21)2)26-11-7-10-24(26)4;1-16-12-21(18(3)22(13-16)25-11-7-10-23(25)4)24-15-20-9-6-5-8-19(20)14-17(24)2/h7-17H,1-6H3;6-15H,1-5H3;5-15H,1-2,4H3;5-15H,1-4H3/q4*+2. The molecule has 0 aliphatic carbocycles. The molecule has 0 bridgehead atoms. The summed E-state index contributed by atoms with van der Waals surface area (Å²) in [5.41, 5.74) is 25.1. The van der Waals surface area contributed by atoms with Crippen LogP contribution in [0.25, 0.3) is 93.4 Å². The van der Waals surface area contributed by atoms with Crippen molar-refractivity contribution in [2.75, 3.05) is 0 Å². The molecule has 522 valence electrons. The third-order valence-electron chi connectivity index (χ3n) is 20.6. The Labute approximate surface area is 618 Å². The van der Waals surface area contributed by atoms with E-state index in [0.29, 0.717) is 5.69 Å². The Bertz CT molecular complexity index is 6060. The number of fused-ring (bicyclic) bond motifs is 4. The normalized spacial score (nSPS) is 11.3. The lowest BCUT2D eigenvalue weighted by Gasteiger charge is -2.21. The van der Waals surface area contributed by atoms with E-state index in [4.69, 9.17) is 6.57 Å². The zero-order chi connectivity index (χ0) is 74.3. The van der Waals surface area contributed by atoms with E-state index in [1.165, 1.54) is 133 Å². The molecule has 105 heavy (non-hydrogen) atoms. The van der Waals surface area contributed by atoms with Crippen molar-refractivity contribution in [3.8, 4) is 45.5 Å². The maximum atomic E-state index is 7.53. The molecule has 0 aliphatic rings. The lowest BCUT2D eigenvalue weighted by atomic mass is 9.85. The van der Waals surface area contributed by atoms with Gasteiger partial charge in [-0.25, -0.2) is 4.85 Å². The predicted molar refractivity (Wildman–Crippen MR) is 421 cm³/mol. The van der Waals surface area contributed by atoms with Crippen LogP contribution in [0, 0.1) is 82.7 Å². The molecule has 0 aliphatic heterocycles. The van der Waals surface area contributed by atoms with Crippen LogP contribution >= 0.6 is 0 Å². The quantitative estimate of drug-likeness (QED) is 0.108. The summed E-state index contributed by atoms with van der Waals surface area (Å²) < 4.78 is 26.2. The molecule has 13 nitrogen and oxygen atoms in total. The van der Waals surface area contributed by atoms with E-state index in [1.54, 1.807) is 0 Å². The number of aryl methyl sites for hydroxylation is 11. The van der Waals surface area contributed by atoms with Gasteiger partial charge in [0.25, 0.3) is 0 Å². The second-order valence-electron chi connectivity index (χ2n) is 29.2. The van der Waals surface area contributed by atoms with Crippen molar-refractivity contribution in [2.45, 2.75) is 102 Å². The zero-order valence-corrected chi connectivity index (χ0v) is 64.1. The van der Waals surface area contributed by atoms with Crippen LogP contribution in [0.15, 0.2) is 262 Å². The first kappa shape index (κ1) is 71.1. The molecule has 0 N–H and O–H groups in total. The Balaban J connectivity index is 0.000000124. The average Bonchev–Trinajstić information content (AvgIpc) is 1.54. The zero-order valence-electron chi connectivity index (χ0n) is 64.1. The average molecular weight is 1380 g/mol. The highest BCUT2D eigenvalue weighted by Crippen LogP contribution is 2.32. The van der Waals surface area contributed by atoms with Gasteiger partial charge < -0.3 is 0 Å². The molecule has 8 aromatic carbocycles. The molecule has 0 saturated carbocycles. The molecular weight excluding hydrogens is 1290 g/mol. The van der Waals surface area contributed by atoms with Gasteiger partial charge in [0.05, 0.1) is 48.0 Å². The van der Waals surface area contributed by atoms with Crippen LogP contribution in [0.3, 0.4) is 0 Å². The van der Waals surface area contributed by atoms with Gasteiger partial charge in [0.1, 0.15) is 22.7 Å². The summed E-state index contributed by atoms with van der Waals surface area (Å²) in [4.78, 5) is 3.70. The molecule has 13 heteroatoms. The maximum Gasteiger partial charge on any atom is 0.219 e. The summed E-state index contributed by atoms with van der Waals surface area (Å²) in [6.07, 6.45) is 25.5. The van der Waals surface area contributed by atoms with Crippen molar-refractivity contribution in [3.63, 3.8) is 0 Å². The van der Waals surface area contributed by atoms with Crippen molar-refractivity contribution >= 4 is 48.8 Å². The fourth-order valence-corrected chi connectivity index (χ4v) is 14.9. The number of benzene rings is 8. The van der Waals surface area contributed by atoms with Gasteiger partial charge in [0.15, 0.2) is 106 Å². The molecule has 8 aromatic heterocycles. The van der Waals surface area contributed by atoms with Crippen LogP contribution in [-0.2, 0) is 33.6 Å². The second-order valence-corrected chi connectivity index (χ2v) is 29.2. The minimum absolute atomic E-state index is 0.0637. The van der Waals surface area contributed by atoms with Crippen LogP contribution in [0.2, 0.25) is 0 Å². The van der Waals surface area contributed by atoms with E-state index in [1.807, 2.05) is 42.3 Å². The molecule has 0 fully saturated rings. The van der Waals surface area contributed by atoms with Gasteiger partial charge in [0.2, 0.25) is 22.7 Å². The third kappa shape index (κ3) is 14.2. The highest BCUT2D eigenvalue weighted by Gasteiger charge is 2.29. The number of rotatable bonds is 8. The first-order chi connectivity index (χ1) is 50.3. The van der Waals surface area contributed by atoms with Crippen LogP contribution in [0.1, 0.15) is 88.1 Å². The summed E-state index contributed by atoms with van der Waals surface area (Å²) in [5, 5.41) is 9.99. The number of nitrogens with zero attached hydrogens (tertiary/aromatic N) is 13. The topological polar surface area (TPSA) is 55.1 Å². The third-order valence-corrected chi connectivity index (χ3v) is 20.6. The molecule has 0 atom stereocenters. The largest absolute Gasteiger partial charge is 0.238 e. The molecule has 0 spiro atoms. The lowest BCUT2D eigenvalue weighted by Crippen LogP contribution is -2.39. The summed E-state index contributed by atoms with van der Waals surface area (Å²) in [6, 6.07) is 66.6. The minimum Gasteiger partial charge on any atom is -0.238 e. The molecule has 8 heterocycles. The van der Waals surface area contributed by atoms with Crippen LogP contribution in [-0.4, -0.2) is 18.7 Å². The molecule has 0 amide bonds. The first-order valence-corrected chi connectivity index (χ1v) is 36.0. The van der Waals surface area contributed by atoms with Crippen molar-refractivity contribution in [1.29, 1.82) is 0 Å². The SMILES string of the molecule is Cc1c(-n2ccc[n+]2C)cc(C(C)(C)C)cc1-[n+]1cc2ccccc2cc1C.Cc1cc(-n2ccc[n+]2C)c(C)c(-[n+]2cc3ccccc3cc2C)c1.Cc1cc(C)c(-[n+]2cc3ccccc3cc2C)c(C)c1-n1ccc[n+]1C.[C-]#[N+]c1cc(-n2ccc[n+]2C)c(C)c(-[n+]2cc3ccccc3cc2C)c1. The van der Waals surface area contributed by atoms with E-state index in [0.717, 1.165) is 22.6 Å². The van der Waals surface area contributed by atoms with E-state index in [9.17, 15) is 0 Å². The van der Waals surface area contributed by atoms with Gasteiger partial charge in [-0.2, -0.15) is 18.3 Å². The number of hydrogen-bond acceptors (Lipinski definition) is 0. The fourth-order valence-electron chi connectivity index (χ4n) is 14.9. The first-order valence-electron chi connectivity index (χ1n) is 36.0. The maximum absolute atomic E-state index is 7.53. The van der Waals surface area contributed by atoms with Crippen molar-refractivity contribution in [3.05, 3.63) is 341 Å². The Hall–Kier alpha value is -12.3. The number of pyridine rings is 4. The lowest BCUT2D eigenvalue weighted by molar-refractivity contribution is -0.744. The molecule has 0 radical (unpaired) electrons. The Morgan fingerprint density at radius 2 is 0.657 bits per heavy atom. The van der Waals surface area contributed by atoms with Crippen LogP contribution in [0.4, 0.5) is 5.69 Å². The monoisotopic (exact) mass is 1380 g/mol. The number of hydrogen-bond donors (Lipinski definition) is 0. The van der Waals surface area contributed by atoms with Crippen molar-refractivity contribution in [1.82, 2.24) is 18.7 Å². The summed E-state index contributed by atoms with van der Waals surface area (Å²) in [7, 11) is 8.22.